The zero-order valence-electron chi connectivity index (χ0n) is 17.4. The first-order valence-electron chi connectivity index (χ1n) is 9.80. The van der Waals surface area contributed by atoms with E-state index in [4.69, 9.17) is 0 Å². The molecule has 2 aromatic heterocycles. The number of phenolic OH excluding ortho intramolecular Hbond substituents is 2. The molecule has 0 amide bonds. The molecule has 156 valence electrons. The molecular formula is C26H16N2O2S2Zn. The van der Waals surface area contributed by atoms with Gasteiger partial charge in [0.2, 0.25) is 0 Å². The summed E-state index contributed by atoms with van der Waals surface area (Å²) in [6.07, 6.45) is 0. The Morgan fingerprint density at radius 1 is 0.576 bits per heavy atom. The van der Waals surface area contributed by atoms with Crippen LogP contribution in [0.15, 0.2) is 84.9 Å². The second kappa shape index (κ2) is 10.2. The second-order valence-corrected chi connectivity index (χ2v) is 8.90. The molecule has 0 radical (unpaired) electrons. The van der Waals surface area contributed by atoms with Crippen LogP contribution in [-0.4, -0.2) is 20.2 Å². The number of rotatable bonds is 2. The summed E-state index contributed by atoms with van der Waals surface area (Å²) < 4.78 is 2.17. The molecule has 7 heteroatoms. The van der Waals surface area contributed by atoms with Crippen molar-refractivity contribution < 1.29 is 29.7 Å². The molecule has 0 spiro atoms. The predicted octanol–water partition coefficient (Wildman–Crippen LogP) is 6.94. The number of thiazole rings is 2. The van der Waals surface area contributed by atoms with Crippen LogP contribution in [-0.2, 0) is 19.5 Å². The molecule has 6 aromatic rings. The molecule has 0 unspecified atom stereocenters. The van der Waals surface area contributed by atoms with Gasteiger partial charge in [-0.25, -0.2) is 0 Å². The van der Waals surface area contributed by atoms with Gasteiger partial charge in [-0.1, -0.05) is 33.7 Å². The van der Waals surface area contributed by atoms with Crippen molar-refractivity contribution in [3.05, 3.63) is 97.1 Å². The van der Waals surface area contributed by atoms with Crippen LogP contribution in [0.2, 0.25) is 0 Å². The largest absolute Gasteiger partial charge is 2.00 e. The van der Waals surface area contributed by atoms with Crippen LogP contribution in [0.1, 0.15) is 0 Å². The molecule has 2 N–H and O–H groups in total. The van der Waals surface area contributed by atoms with E-state index in [-0.39, 0.29) is 31.0 Å². The number of fused-ring (bicyclic) bond motifs is 2. The number of aromatic nitrogens is 2. The van der Waals surface area contributed by atoms with E-state index in [1.165, 1.54) is 0 Å². The Labute approximate surface area is 211 Å². The molecule has 0 atom stereocenters. The average Bonchev–Trinajstić information content (AvgIpc) is 3.44. The molecule has 0 aliphatic rings. The first kappa shape index (κ1) is 23.1. The van der Waals surface area contributed by atoms with Crippen molar-refractivity contribution >= 4 is 43.1 Å². The Hall–Kier alpha value is -3.12. The first-order chi connectivity index (χ1) is 15.7. The van der Waals surface area contributed by atoms with Gasteiger partial charge in [-0.2, -0.15) is 71.2 Å². The first-order valence-corrected chi connectivity index (χ1v) is 11.4. The third-order valence-electron chi connectivity index (χ3n) is 4.70. The van der Waals surface area contributed by atoms with Crippen molar-refractivity contribution in [3.8, 4) is 32.6 Å². The van der Waals surface area contributed by atoms with E-state index in [1.54, 1.807) is 46.9 Å². The number of aromatic hydroxyl groups is 2. The maximum absolute atomic E-state index is 9.75. The summed E-state index contributed by atoms with van der Waals surface area (Å²) in [5.74, 6) is 0.531. The summed E-state index contributed by atoms with van der Waals surface area (Å²) in [7, 11) is 0. The Balaban J connectivity index is 0.000000152. The van der Waals surface area contributed by atoms with Gasteiger partial charge >= 0.3 is 19.5 Å². The molecule has 4 aromatic carbocycles. The molecular weight excluding hydrogens is 502 g/mol. The van der Waals surface area contributed by atoms with Gasteiger partial charge in [0.1, 0.15) is 21.5 Å². The fourth-order valence-electron chi connectivity index (χ4n) is 3.16. The fraction of sp³-hybridized carbons (Fsp3) is 0. The van der Waals surface area contributed by atoms with E-state index < -0.39 is 0 Å². The van der Waals surface area contributed by atoms with E-state index in [9.17, 15) is 10.2 Å². The number of hydrogen-bond donors (Lipinski definition) is 2. The molecule has 0 saturated heterocycles. The number of benzene rings is 4. The number of phenols is 2. The topological polar surface area (TPSA) is 66.2 Å². The predicted molar refractivity (Wildman–Crippen MR) is 131 cm³/mol. The van der Waals surface area contributed by atoms with Crippen LogP contribution in [0.3, 0.4) is 0 Å². The van der Waals surface area contributed by atoms with Crippen molar-refractivity contribution in [2.45, 2.75) is 0 Å². The fourth-order valence-corrected chi connectivity index (χ4v) is 5.11. The third-order valence-corrected chi connectivity index (χ3v) is 6.81. The van der Waals surface area contributed by atoms with Crippen LogP contribution in [0.5, 0.6) is 11.5 Å². The minimum atomic E-state index is 0. The van der Waals surface area contributed by atoms with Crippen molar-refractivity contribution in [1.29, 1.82) is 0 Å². The van der Waals surface area contributed by atoms with E-state index >= 15 is 0 Å². The van der Waals surface area contributed by atoms with Gasteiger partial charge < -0.3 is 10.2 Å². The third kappa shape index (κ3) is 4.96. The Morgan fingerprint density at radius 2 is 1.00 bits per heavy atom. The second-order valence-electron chi connectivity index (χ2n) is 6.84. The normalized spacial score (nSPS) is 10.4. The van der Waals surface area contributed by atoms with E-state index in [1.807, 2.05) is 60.7 Å². The monoisotopic (exact) mass is 516 g/mol. The van der Waals surface area contributed by atoms with Gasteiger partial charge in [0.05, 0.1) is 11.1 Å². The minimum Gasteiger partial charge on any atom is -0.507 e. The number of nitrogens with zero attached hydrogens (tertiary/aromatic N) is 2. The standard InChI is InChI=1S/2C13H8NOS.Zn/c2*15-11-7-3-1-5-9(11)13-14-10-6-2-4-8-12(10)16-13;/h2*1-5,7-8,15H;/q2*-1;+2. The summed E-state index contributed by atoms with van der Waals surface area (Å²) in [5.41, 5.74) is 3.26. The quantitative estimate of drug-likeness (QED) is 0.193. The van der Waals surface area contributed by atoms with Gasteiger partial charge in [0.15, 0.2) is 0 Å². The minimum absolute atomic E-state index is 0. The smallest absolute Gasteiger partial charge is 0.507 e. The Bertz CT molecular complexity index is 1350. The van der Waals surface area contributed by atoms with Gasteiger partial charge in [0, 0.05) is 0 Å². The molecule has 6 rings (SSSR count). The molecule has 2 heterocycles. The molecule has 0 fully saturated rings. The van der Waals surface area contributed by atoms with E-state index in [0.29, 0.717) is 0 Å². The molecule has 0 aliphatic heterocycles. The van der Waals surface area contributed by atoms with Crippen LogP contribution < -0.4 is 0 Å². The Kier molecular flexibility index (Phi) is 7.14. The summed E-state index contributed by atoms with van der Waals surface area (Å²) in [4.78, 5) is 8.89. The zero-order valence-corrected chi connectivity index (χ0v) is 22.0. The maximum Gasteiger partial charge on any atom is 2.00 e. The summed E-state index contributed by atoms with van der Waals surface area (Å²) >= 11 is 3.12. The van der Waals surface area contributed by atoms with Crippen molar-refractivity contribution in [2.75, 3.05) is 0 Å². The summed E-state index contributed by atoms with van der Waals surface area (Å²) in [6, 6.07) is 32.2. The van der Waals surface area contributed by atoms with Gasteiger partial charge in [0.25, 0.3) is 0 Å². The number of hydrogen-bond acceptors (Lipinski definition) is 6. The molecule has 33 heavy (non-hydrogen) atoms. The van der Waals surface area contributed by atoms with E-state index in [0.717, 1.165) is 41.6 Å². The van der Waals surface area contributed by atoms with Crippen LogP contribution in [0, 0.1) is 12.1 Å². The number of para-hydroxylation sites is 4. The zero-order chi connectivity index (χ0) is 21.9. The van der Waals surface area contributed by atoms with Gasteiger partial charge in [-0.05, 0) is 35.3 Å². The van der Waals surface area contributed by atoms with Gasteiger partial charge in [-0.3, -0.25) is 9.97 Å². The Morgan fingerprint density at radius 3 is 1.39 bits per heavy atom. The molecule has 0 bridgehead atoms. The van der Waals surface area contributed by atoms with Crippen molar-refractivity contribution in [3.63, 3.8) is 0 Å². The molecule has 0 saturated carbocycles. The van der Waals surface area contributed by atoms with Crippen molar-refractivity contribution in [2.24, 2.45) is 0 Å². The summed E-state index contributed by atoms with van der Waals surface area (Å²) in [6.45, 7) is 0. The summed E-state index contributed by atoms with van der Waals surface area (Å²) in [5, 5.41) is 21.1. The SMILES string of the molecule is Oc1ccccc1-c1nc2[c-]cccc2s1.Oc1ccccc1-c1nc2[c-]cccc2s1.[Zn+2]. The van der Waals surface area contributed by atoms with Crippen LogP contribution in [0.4, 0.5) is 0 Å². The van der Waals surface area contributed by atoms with Crippen LogP contribution >= 0.6 is 22.7 Å². The molecule has 4 nitrogen and oxygen atoms in total. The van der Waals surface area contributed by atoms with Crippen molar-refractivity contribution in [1.82, 2.24) is 9.97 Å². The van der Waals surface area contributed by atoms with E-state index in [2.05, 4.69) is 22.1 Å². The molecule has 0 aliphatic carbocycles. The maximum atomic E-state index is 9.75. The van der Waals surface area contributed by atoms with Crippen LogP contribution in [0.25, 0.3) is 41.6 Å². The van der Waals surface area contributed by atoms with Gasteiger partial charge in [-0.15, -0.1) is 0 Å². The average molecular weight is 518 g/mol.